The van der Waals surface area contributed by atoms with Crippen LogP contribution in [0, 0.1) is 0 Å². The lowest BCUT2D eigenvalue weighted by Crippen LogP contribution is -2.24. The number of benzene rings is 1. The lowest BCUT2D eigenvalue weighted by Gasteiger charge is -2.21. The van der Waals surface area contributed by atoms with Gasteiger partial charge in [0, 0.05) is 32.5 Å². The standard InChI is InChI=1S/C16H24N4/c1-5-17-16(15-11-12-18-20(15)6-2)13-7-9-14(10-8-13)19(3)4/h7-12,16-17H,5-6H2,1-4H3. The first-order chi connectivity index (χ1) is 9.67. The normalized spacial score (nSPS) is 12.4. The predicted molar refractivity (Wildman–Crippen MR) is 84.2 cm³/mol. The third-order valence-electron chi connectivity index (χ3n) is 3.50. The molecule has 0 saturated carbocycles. The van der Waals surface area contributed by atoms with Crippen molar-refractivity contribution in [1.29, 1.82) is 0 Å². The topological polar surface area (TPSA) is 33.1 Å². The predicted octanol–water partition coefficient (Wildman–Crippen LogP) is 2.67. The van der Waals surface area contributed by atoms with Gasteiger partial charge in [-0.3, -0.25) is 4.68 Å². The van der Waals surface area contributed by atoms with Crippen LogP contribution in [0.3, 0.4) is 0 Å². The van der Waals surface area contributed by atoms with E-state index >= 15 is 0 Å². The number of anilines is 1. The SMILES string of the molecule is CCNC(c1ccc(N(C)C)cc1)c1ccnn1CC. The van der Waals surface area contributed by atoms with Gasteiger partial charge in [-0.2, -0.15) is 5.10 Å². The minimum Gasteiger partial charge on any atom is -0.378 e. The van der Waals surface area contributed by atoms with Crippen molar-refractivity contribution in [3.05, 3.63) is 47.8 Å². The van der Waals surface area contributed by atoms with Crippen molar-refractivity contribution in [2.45, 2.75) is 26.4 Å². The summed E-state index contributed by atoms with van der Waals surface area (Å²) in [6, 6.07) is 11.0. The second-order valence-electron chi connectivity index (χ2n) is 5.05. The Labute approximate surface area is 121 Å². The Balaban J connectivity index is 2.33. The van der Waals surface area contributed by atoms with Gasteiger partial charge >= 0.3 is 0 Å². The minimum absolute atomic E-state index is 0.193. The van der Waals surface area contributed by atoms with E-state index < -0.39 is 0 Å². The smallest absolute Gasteiger partial charge is 0.0748 e. The Morgan fingerprint density at radius 2 is 1.85 bits per heavy atom. The second-order valence-corrected chi connectivity index (χ2v) is 5.05. The highest BCUT2D eigenvalue weighted by Crippen LogP contribution is 2.24. The van der Waals surface area contributed by atoms with E-state index in [0.29, 0.717) is 0 Å². The fourth-order valence-corrected chi connectivity index (χ4v) is 2.41. The zero-order valence-corrected chi connectivity index (χ0v) is 12.8. The van der Waals surface area contributed by atoms with Gasteiger partial charge in [0.05, 0.1) is 11.7 Å². The Morgan fingerprint density at radius 3 is 2.40 bits per heavy atom. The number of hydrogen-bond acceptors (Lipinski definition) is 3. The summed E-state index contributed by atoms with van der Waals surface area (Å²) in [6.07, 6.45) is 1.87. The summed E-state index contributed by atoms with van der Waals surface area (Å²) in [5.74, 6) is 0. The molecule has 0 radical (unpaired) electrons. The van der Waals surface area contributed by atoms with Crippen molar-refractivity contribution in [2.75, 3.05) is 25.5 Å². The lowest BCUT2D eigenvalue weighted by molar-refractivity contribution is 0.542. The second kappa shape index (κ2) is 6.57. The van der Waals surface area contributed by atoms with Gasteiger partial charge in [-0.05, 0) is 37.2 Å². The summed E-state index contributed by atoms with van der Waals surface area (Å²) >= 11 is 0. The van der Waals surface area contributed by atoms with Gasteiger partial charge in [0.1, 0.15) is 0 Å². The molecular weight excluding hydrogens is 248 g/mol. The number of aromatic nitrogens is 2. The van der Waals surface area contributed by atoms with E-state index in [2.05, 4.69) is 73.6 Å². The highest BCUT2D eigenvalue weighted by atomic mass is 15.3. The molecule has 1 unspecified atom stereocenters. The van der Waals surface area contributed by atoms with Crippen LogP contribution < -0.4 is 10.2 Å². The van der Waals surface area contributed by atoms with Crippen LogP contribution in [0.25, 0.3) is 0 Å². The molecule has 0 amide bonds. The van der Waals surface area contributed by atoms with Crippen LogP contribution in [0.15, 0.2) is 36.5 Å². The molecule has 4 nitrogen and oxygen atoms in total. The molecule has 2 aromatic rings. The van der Waals surface area contributed by atoms with Gasteiger partial charge in [-0.15, -0.1) is 0 Å². The number of nitrogens with one attached hydrogen (secondary N) is 1. The first-order valence-corrected chi connectivity index (χ1v) is 7.19. The molecule has 0 aliphatic rings. The Kier molecular flexibility index (Phi) is 4.79. The van der Waals surface area contributed by atoms with Crippen molar-refractivity contribution in [3.63, 3.8) is 0 Å². The van der Waals surface area contributed by atoms with Crippen molar-refractivity contribution in [2.24, 2.45) is 0 Å². The van der Waals surface area contributed by atoms with E-state index in [1.165, 1.54) is 16.9 Å². The van der Waals surface area contributed by atoms with E-state index in [1.807, 2.05) is 10.9 Å². The summed E-state index contributed by atoms with van der Waals surface area (Å²) < 4.78 is 2.05. The molecule has 1 N–H and O–H groups in total. The fourth-order valence-electron chi connectivity index (χ4n) is 2.41. The molecule has 0 saturated heterocycles. The number of hydrogen-bond donors (Lipinski definition) is 1. The highest BCUT2D eigenvalue weighted by molar-refractivity contribution is 5.47. The molecule has 0 aliphatic heterocycles. The Morgan fingerprint density at radius 1 is 1.15 bits per heavy atom. The third kappa shape index (κ3) is 3.02. The van der Waals surface area contributed by atoms with Crippen LogP contribution >= 0.6 is 0 Å². The maximum absolute atomic E-state index is 4.38. The number of nitrogens with zero attached hydrogens (tertiary/aromatic N) is 3. The van der Waals surface area contributed by atoms with E-state index in [0.717, 1.165) is 13.1 Å². The maximum Gasteiger partial charge on any atom is 0.0748 e. The summed E-state index contributed by atoms with van der Waals surface area (Å²) in [5.41, 5.74) is 3.70. The molecule has 108 valence electrons. The Bertz CT molecular complexity index is 528. The van der Waals surface area contributed by atoms with Crippen molar-refractivity contribution >= 4 is 5.69 Å². The van der Waals surface area contributed by atoms with E-state index in [-0.39, 0.29) is 6.04 Å². The largest absolute Gasteiger partial charge is 0.378 e. The van der Waals surface area contributed by atoms with Crippen LogP contribution in [0.4, 0.5) is 5.69 Å². The molecule has 0 spiro atoms. The van der Waals surface area contributed by atoms with Crippen LogP contribution in [-0.4, -0.2) is 30.4 Å². The molecule has 1 heterocycles. The molecule has 1 atom stereocenters. The first kappa shape index (κ1) is 14.6. The summed E-state index contributed by atoms with van der Waals surface area (Å²) in [7, 11) is 4.12. The molecule has 0 bridgehead atoms. The van der Waals surface area contributed by atoms with Gasteiger partial charge in [-0.25, -0.2) is 0 Å². The van der Waals surface area contributed by atoms with Crippen molar-refractivity contribution in [1.82, 2.24) is 15.1 Å². The monoisotopic (exact) mass is 272 g/mol. The molecule has 0 fully saturated rings. The minimum atomic E-state index is 0.193. The molecule has 1 aromatic carbocycles. The van der Waals surface area contributed by atoms with E-state index in [4.69, 9.17) is 0 Å². The zero-order valence-electron chi connectivity index (χ0n) is 12.8. The molecular formula is C16H24N4. The number of rotatable bonds is 6. The summed E-state index contributed by atoms with van der Waals surface area (Å²) in [6.45, 7) is 6.07. The van der Waals surface area contributed by atoms with E-state index in [9.17, 15) is 0 Å². The molecule has 20 heavy (non-hydrogen) atoms. The third-order valence-corrected chi connectivity index (χ3v) is 3.50. The fraction of sp³-hybridized carbons (Fsp3) is 0.438. The highest BCUT2D eigenvalue weighted by Gasteiger charge is 2.16. The average molecular weight is 272 g/mol. The van der Waals surface area contributed by atoms with Crippen LogP contribution in [0.1, 0.15) is 31.1 Å². The molecule has 0 aliphatic carbocycles. The van der Waals surface area contributed by atoms with Gasteiger partial charge in [-0.1, -0.05) is 19.1 Å². The number of aryl methyl sites for hydroxylation is 1. The first-order valence-electron chi connectivity index (χ1n) is 7.19. The quantitative estimate of drug-likeness (QED) is 0.877. The van der Waals surface area contributed by atoms with Gasteiger partial charge in [0.15, 0.2) is 0 Å². The molecule has 2 rings (SSSR count). The maximum atomic E-state index is 4.38. The van der Waals surface area contributed by atoms with Crippen LogP contribution in [0.2, 0.25) is 0 Å². The van der Waals surface area contributed by atoms with Crippen molar-refractivity contribution < 1.29 is 0 Å². The summed E-state index contributed by atoms with van der Waals surface area (Å²) in [4.78, 5) is 2.11. The lowest BCUT2D eigenvalue weighted by atomic mass is 10.0. The van der Waals surface area contributed by atoms with E-state index in [1.54, 1.807) is 0 Å². The molecule has 1 aromatic heterocycles. The van der Waals surface area contributed by atoms with Gasteiger partial charge in [0.2, 0.25) is 0 Å². The van der Waals surface area contributed by atoms with Gasteiger partial charge in [0.25, 0.3) is 0 Å². The average Bonchev–Trinajstić information content (AvgIpc) is 2.93. The van der Waals surface area contributed by atoms with Crippen LogP contribution in [0.5, 0.6) is 0 Å². The Hall–Kier alpha value is -1.81. The zero-order chi connectivity index (χ0) is 14.5. The summed E-state index contributed by atoms with van der Waals surface area (Å²) in [5, 5.41) is 7.93. The van der Waals surface area contributed by atoms with Gasteiger partial charge < -0.3 is 10.2 Å². The van der Waals surface area contributed by atoms with Crippen molar-refractivity contribution in [3.8, 4) is 0 Å². The van der Waals surface area contributed by atoms with Crippen LogP contribution in [-0.2, 0) is 6.54 Å². The molecule has 4 heteroatoms.